The zero-order valence-electron chi connectivity index (χ0n) is 14.8. The lowest BCUT2D eigenvalue weighted by Crippen LogP contribution is -2.34. The molecule has 0 atom stereocenters. The fraction of sp³-hybridized carbons (Fsp3) is 0.238. The van der Waals surface area contributed by atoms with E-state index in [0.717, 1.165) is 26.9 Å². The van der Waals surface area contributed by atoms with Crippen molar-refractivity contribution in [3.63, 3.8) is 0 Å². The highest BCUT2D eigenvalue weighted by Crippen LogP contribution is 2.17. The Balaban J connectivity index is 1.75. The molecule has 5 heteroatoms. The number of benzene rings is 2. The summed E-state index contributed by atoms with van der Waals surface area (Å²) in [4.78, 5) is 7.00. The summed E-state index contributed by atoms with van der Waals surface area (Å²) in [5.41, 5.74) is 8.45. The summed E-state index contributed by atoms with van der Waals surface area (Å²) >= 11 is 5.67. The van der Waals surface area contributed by atoms with Gasteiger partial charge in [0.25, 0.3) is 0 Å². The summed E-state index contributed by atoms with van der Waals surface area (Å²) in [5.74, 6) is -0.191. The Morgan fingerprint density at radius 3 is 2.69 bits per heavy atom. The molecule has 1 heterocycles. The molecule has 0 saturated carbocycles. The number of hydrogen-bond donors (Lipinski definition) is 1. The molecular formula is C21H22FN3S. The lowest BCUT2D eigenvalue weighted by atomic mass is 10.1. The summed E-state index contributed by atoms with van der Waals surface area (Å²) in [7, 11) is 0. The molecule has 3 nitrogen and oxygen atoms in total. The Kier molecular flexibility index (Phi) is 5.91. The van der Waals surface area contributed by atoms with Crippen LogP contribution in [0, 0.1) is 12.7 Å². The molecule has 0 aliphatic carbocycles. The Hall–Kier alpha value is -2.37. The topological polar surface area (TPSA) is 42.1 Å². The quantitative estimate of drug-likeness (QED) is 0.669. The third-order valence-electron chi connectivity index (χ3n) is 4.42. The smallest absolute Gasteiger partial charge is 0.126 e. The molecule has 2 aromatic carbocycles. The van der Waals surface area contributed by atoms with E-state index in [-0.39, 0.29) is 5.82 Å². The van der Waals surface area contributed by atoms with Gasteiger partial charge in [-0.2, -0.15) is 0 Å². The Bertz CT molecular complexity index is 926. The Labute approximate surface area is 158 Å². The molecule has 3 rings (SSSR count). The molecule has 2 N–H and O–H groups in total. The highest BCUT2D eigenvalue weighted by atomic mass is 32.1. The van der Waals surface area contributed by atoms with E-state index in [0.29, 0.717) is 31.6 Å². The second kappa shape index (κ2) is 8.34. The fourth-order valence-corrected chi connectivity index (χ4v) is 3.25. The van der Waals surface area contributed by atoms with E-state index in [9.17, 15) is 4.39 Å². The lowest BCUT2D eigenvalue weighted by molar-refractivity contribution is 0.423. The van der Waals surface area contributed by atoms with Crippen molar-refractivity contribution in [2.75, 3.05) is 13.1 Å². The van der Waals surface area contributed by atoms with Crippen molar-refractivity contribution in [2.45, 2.75) is 19.9 Å². The van der Waals surface area contributed by atoms with Gasteiger partial charge < -0.3 is 10.6 Å². The first-order valence-electron chi connectivity index (χ1n) is 8.62. The molecule has 0 unspecified atom stereocenters. The van der Waals surface area contributed by atoms with Crippen LogP contribution in [0.2, 0.25) is 0 Å². The van der Waals surface area contributed by atoms with Gasteiger partial charge in [0, 0.05) is 43.8 Å². The lowest BCUT2D eigenvalue weighted by Gasteiger charge is -2.25. The number of halogens is 1. The molecule has 1 aromatic heterocycles. The van der Waals surface area contributed by atoms with Crippen molar-refractivity contribution < 1.29 is 4.39 Å². The first-order valence-corrected chi connectivity index (χ1v) is 9.03. The minimum atomic E-state index is -0.191. The van der Waals surface area contributed by atoms with Gasteiger partial charge in [-0.05, 0) is 41.1 Å². The van der Waals surface area contributed by atoms with Gasteiger partial charge in [-0.15, -0.1) is 0 Å². The van der Waals surface area contributed by atoms with E-state index in [4.69, 9.17) is 18.0 Å². The Morgan fingerprint density at radius 2 is 1.92 bits per heavy atom. The molecule has 0 amide bonds. The average molecular weight is 367 g/mol. The van der Waals surface area contributed by atoms with Gasteiger partial charge in [0.05, 0.1) is 4.99 Å². The molecule has 26 heavy (non-hydrogen) atoms. The summed E-state index contributed by atoms with van der Waals surface area (Å²) < 4.78 is 13.8. The van der Waals surface area contributed by atoms with E-state index >= 15 is 0 Å². The van der Waals surface area contributed by atoms with Crippen molar-refractivity contribution in [3.05, 3.63) is 77.4 Å². The zero-order chi connectivity index (χ0) is 18.5. The van der Waals surface area contributed by atoms with Crippen LogP contribution in [-0.4, -0.2) is 28.0 Å². The van der Waals surface area contributed by atoms with Crippen molar-refractivity contribution in [2.24, 2.45) is 5.73 Å². The Morgan fingerprint density at radius 1 is 1.12 bits per heavy atom. The normalized spacial score (nSPS) is 10.9. The van der Waals surface area contributed by atoms with Crippen LogP contribution in [0.4, 0.5) is 4.39 Å². The van der Waals surface area contributed by atoms with Crippen molar-refractivity contribution >= 4 is 28.0 Å². The minimum absolute atomic E-state index is 0.191. The van der Waals surface area contributed by atoms with Gasteiger partial charge in [0.1, 0.15) is 5.82 Å². The van der Waals surface area contributed by atoms with Crippen LogP contribution >= 0.6 is 12.2 Å². The van der Waals surface area contributed by atoms with E-state index < -0.39 is 0 Å². The molecule has 0 fully saturated rings. The summed E-state index contributed by atoms with van der Waals surface area (Å²) in [5, 5.41) is 2.25. The number of nitrogens with two attached hydrogens (primary N) is 1. The maximum atomic E-state index is 13.8. The van der Waals surface area contributed by atoms with Crippen LogP contribution in [0.5, 0.6) is 0 Å². The number of aromatic nitrogens is 1. The molecule has 0 radical (unpaired) electrons. The number of pyridine rings is 1. The van der Waals surface area contributed by atoms with Crippen LogP contribution in [0.25, 0.3) is 10.8 Å². The second-order valence-corrected chi connectivity index (χ2v) is 6.89. The van der Waals surface area contributed by atoms with Crippen molar-refractivity contribution in [3.8, 4) is 0 Å². The summed E-state index contributed by atoms with van der Waals surface area (Å²) in [6.45, 7) is 3.46. The molecule has 0 bridgehead atoms. The highest BCUT2D eigenvalue weighted by Gasteiger charge is 2.12. The number of hydrogen-bond acceptors (Lipinski definition) is 3. The molecule has 0 aliphatic heterocycles. The van der Waals surface area contributed by atoms with Crippen LogP contribution in [0.15, 0.2) is 54.9 Å². The minimum Gasteiger partial charge on any atom is -0.360 e. The standard InChI is InChI=1S/C21H22FN3S/c1-15-2-3-17(11-20(15)22)14-25(9-7-23)21(26)12-16-4-5-19-13-24-8-6-18(19)10-16/h2-6,8,10-11,13H,7,9,12,14,23H2,1H3. The maximum Gasteiger partial charge on any atom is 0.126 e. The average Bonchev–Trinajstić information content (AvgIpc) is 2.64. The summed E-state index contributed by atoms with van der Waals surface area (Å²) in [6, 6.07) is 13.6. The molecular weight excluding hydrogens is 345 g/mol. The van der Waals surface area contributed by atoms with Gasteiger partial charge in [-0.25, -0.2) is 4.39 Å². The van der Waals surface area contributed by atoms with E-state index in [1.165, 1.54) is 0 Å². The van der Waals surface area contributed by atoms with Gasteiger partial charge in [0.15, 0.2) is 0 Å². The van der Waals surface area contributed by atoms with Crippen LogP contribution in [0.1, 0.15) is 16.7 Å². The number of nitrogens with zero attached hydrogens (tertiary/aromatic N) is 2. The third-order valence-corrected chi connectivity index (χ3v) is 4.82. The first-order chi connectivity index (χ1) is 12.6. The van der Waals surface area contributed by atoms with E-state index in [2.05, 4.69) is 28.1 Å². The number of rotatable bonds is 6. The molecule has 3 aromatic rings. The van der Waals surface area contributed by atoms with Gasteiger partial charge in [0.2, 0.25) is 0 Å². The third kappa shape index (κ3) is 4.42. The van der Waals surface area contributed by atoms with Crippen molar-refractivity contribution in [1.82, 2.24) is 9.88 Å². The van der Waals surface area contributed by atoms with Gasteiger partial charge in [-0.3, -0.25) is 4.98 Å². The predicted octanol–water partition coefficient (Wildman–Crippen LogP) is 4.01. The second-order valence-electron chi connectivity index (χ2n) is 6.42. The number of thiocarbonyl (C=S) groups is 1. The predicted molar refractivity (Wildman–Crippen MR) is 109 cm³/mol. The molecule has 0 spiro atoms. The largest absolute Gasteiger partial charge is 0.360 e. The molecule has 134 valence electrons. The molecule has 0 saturated heterocycles. The SMILES string of the molecule is Cc1ccc(CN(CCN)C(=S)Cc2ccc3cnccc3c2)cc1F. The first kappa shape index (κ1) is 18.4. The zero-order valence-corrected chi connectivity index (χ0v) is 15.6. The fourth-order valence-electron chi connectivity index (χ4n) is 2.93. The number of aryl methyl sites for hydroxylation is 1. The van der Waals surface area contributed by atoms with Crippen molar-refractivity contribution in [1.29, 1.82) is 0 Å². The van der Waals surface area contributed by atoms with Gasteiger partial charge in [-0.1, -0.05) is 42.5 Å². The van der Waals surface area contributed by atoms with Crippen LogP contribution < -0.4 is 5.73 Å². The monoisotopic (exact) mass is 367 g/mol. The summed E-state index contributed by atoms with van der Waals surface area (Å²) in [6.07, 6.45) is 4.29. The van der Waals surface area contributed by atoms with E-state index in [1.54, 1.807) is 25.3 Å². The van der Waals surface area contributed by atoms with Gasteiger partial charge >= 0.3 is 0 Å². The van der Waals surface area contributed by atoms with E-state index in [1.807, 2.05) is 18.3 Å². The van der Waals surface area contributed by atoms with Crippen LogP contribution in [0.3, 0.4) is 0 Å². The molecule has 0 aliphatic rings. The maximum absolute atomic E-state index is 13.8. The van der Waals surface area contributed by atoms with Crippen LogP contribution in [-0.2, 0) is 13.0 Å². The highest BCUT2D eigenvalue weighted by molar-refractivity contribution is 7.80. The number of fused-ring (bicyclic) bond motifs is 1.